The number of hydrogen-bond acceptors (Lipinski definition) is 4. The largest absolute Gasteiger partial charge is 0.390 e. The van der Waals surface area contributed by atoms with E-state index in [9.17, 15) is 10.2 Å². The topological polar surface area (TPSA) is 58.9 Å². The molecule has 1 aliphatic rings. The molecule has 102 valence electrons. The van der Waals surface area contributed by atoms with Crippen LogP contribution in [-0.4, -0.2) is 42.4 Å². The fourth-order valence-electron chi connectivity index (χ4n) is 2.45. The van der Waals surface area contributed by atoms with Crippen LogP contribution in [-0.2, 0) is 9.47 Å². The van der Waals surface area contributed by atoms with E-state index >= 15 is 0 Å². The molecule has 0 unspecified atom stereocenters. The van der Waals surface area contributed by atoms with Gasteiger partial charge in [-0.2, -0.15) is 0 Å². The lowest BCUT2D eigenvalue weighted by Crippen LogP contribution is -2.52. The maximum Gasteiger partial charge on any atom is 0.146 e. The predicted octanol–water partition coefficient (Wildman–Crippen LogP) is 1.55. The predicted molar refractivity (Wildman–Crippen MR) is 65.6 cm³/mol. The van der Waals surface area contributed by atoms with E-state index in [2.05, 4.69) is 20.8 Å². The van der Waals surface area contributed by atoms with Gasteiger partial charge in [0.15, 0.2) is 0 Å². The highest BCUT2D eigenvalue weighted by molar-refractivity contribution is 4.95. The highest BCUT2D eigenvalue weighted by Gasteiger charge is 2.44. The Bertz CT molecular complexity index is 236. The van der Waals surface area contributed by atoms with Crippen LogP contribution in [0.3, 0.4) is 0 Å². The van der Waals surface area contributed by atoms with Crippen molar-refractivity contribution in [1.29, 1.82) is 0 Å². The van der Waals surface area contributed by atoms with Crippen molar-refractivity contribution >= 4 is 0 Å². The SMILES string of the molecule is COCOC[C@]1(O)CC[C@H](C(C)(C)C)C[C@H]1O. The normalized spacial score (nSPS) is 34.9. The van der Waals surface area contributed by atoms with Gasteiger partial charge >= 0.3 is 0 Å². The van der Waals surface area contributed by atoms with Crippen LogP contribution < -0.4 is 0 Å². The van der Waals surface area contributed by atoms with Gasteiger partial charge in [0.25, 0.3) is 0 Å². The van der Waals surface area contributed by atoms with E-state index in [-0.39, 0.29) is 18.8 Å². The molecule has 0 aliphatic heterocycles. The van der Waals surface area contributed by atoms with Crippen molar-refractivity contribution in [3.05, 3.63) is 0 Å². The van der Waals surface area contributed by atoms with Crippen molar-refractivity contribution in [2.75, 3.05) is 20.5 Å². The van der Waals surface area contributed by atoms with E-state index in [1.54, 1.807) is 0 Å². The monoisotopic (exact) mass is 246 g/mol. The first kappa shape index (κ1) is 14.9. The molecule has 1 aliphatic carbocycles. The van der Waals surface area contributed by atoms with Crippen molar-refractivity contribution in [1.82, 2.24) is 0 Å². The standard InChI is InChI=1S/C13H26O4/c1-12(2,3)10-5-6-13(15,11(14)7-10)8-17-9-16-4/h10-11,14-15H,5-9H2,1-4H3/t10-,11+,13+/m0/s1. The maximum atomic E-state index is 10.3. The van der Waals surface area contributed by atoms with E-state index in [0.717, 1.165) is 6.42 Å². The van der Waals surface area contributed by atoms with Crippen LogP contribution in [0.1, 0.15) is 40.0 Å². The molecular weight excluding hydrogens is 220 g/mol. The fraction of sp³-hybridized carbons (Fsp3) is 1.00. The second-order valence-corrected chi connectivity index (χ2v) is 6.21. The molecule has 0 aromatic rings. The smallest absolute Gasteiger partial charge is 0.146 e. The van der Waals surface area contributed by atoms with Gasteiger partial charge in [-0.25, -0.2) is 0 Å². The molecule has 0 bridgehead atoms. The third-order valence-electron chi connectivity index (χ3n) is 3.83. The summed E-state index contributed by atoms with van der Waals surface area (Å²) in [7, 11) is 1.54. The molecule has 0 amide bonds. The highest BCUT2D eigenvalue weighted by atomic mass is 16.7. The van der Waals surface area contributed by atoms with Crippen molar-refractivity contribution in [2.45, 2.75) is 51.7 Å². The molecule has 1 saturated carbocycles. The zero-order valence-corrected chi connectivity index (χ0v) is 11.4. The molecule has 4 nitrogen and oxygen atoms in total. The molecule has 0 aromatic carbocycles. The molecule has 0 radical (unpaired) electrons. The summed E-state index contributed by atoms with van der Waals surface area (Å²) in [4.78, 5) is 0. The quantitative estimate of drug-likeness (QED) is 0.583. The van der Waals surface area contributed by atoms with E-state index in [1.807, 2.05) is 0 Å². The van der Waals surface area contributed by atoms with Gasteiger partial charge in [0.05, 0.1) is 12.7 Å². The molecule has 0 spiro atoms. The third-order valence-corrected chi connectivity index (χ3v) is 3.83. The summed E-state index contributed by atoms with van der Waals surface area (Å²) in [6, 6.07) is 0. The van der Waals surface area contributed by atoms with Gasteiger partial charge in [0, 0.05) is 7.11 Å². The summed E-state index contributed by atoms with van der Waals surface area (Å²) in [5, 5.41) is 20.4. The van der Waals surface area contributed by atoms with Gasteiger partial charge in [-0.15, -0.1) is 0 Å². The summed E-state index contributed by atoms with van der Waals surface area (Å²) < 4.78 is 9.96. The van der Waals surface area contributed by atoms with Crippen molar-refractivity contribution in [3.8, 4) is 0 Å². The Hall–Kier alpha value is -0.160. The highest BCUT2D eigenvalue weighted by Crippen LogP contribution is 2.41. The first-order valence-corrected chi connectivity index (χ1v) is 6.27. The number of aliphatic hydroxyl groups is 2. The molecular formula is C13H26O4. The van der Waals surface area contributed by atoms with Crippen LogP contribution in [0.2, 0.25) is 0 Å². The van der Waals surface area contributed by atoms with Crippen LogP contribution in [0, 0.1) is 11.3 Å². The van der Waals surface area contributed by atoms with Gasteiger partial charge in [-0.05, 0) is 30.6 Å². The Morgan fingerprint density at radius 1 is 1.35 bits per heavy atom. The van der Waals surface area contributed by atoms with Crippen molar-refractivity contribution in [2.24, 2.45) is 11.3 Å². The van der Waals surface area contributed by atoms with Crippen LogP contribution in [0.25, 0.3) is 0 Å². The molecule has 1 fully saturated rings. The second kappa shape index (κ2) is 5.65. The minimum Gasteiger partial charge on any atom is -0.390 e. The molecule has 0 aromatic heterocycles. The van der Waals surface area contributed by atoms with Crippen molar-refractivity contribution < 1.29 is 19.7 Å². The summed E-state index contributed by atoms with van der Waals surface area (Å²) in [6.45, 7) is 6.82. The lowest BCUT2D eigenvalue weighted by molar-refractivity contribution is -0.173. The summed E-state index contributed by atoms with van der Waals surface area (Å²) >= 11 is 0. The molecule has 2 N–H and O–H groups in total. The Morgan fingerprint density at radius 2 is 2.00 bits per heavy atom. The average molecular weight is 246 g/mol. The van der Waals surface area contributed by atoms with Gasteiger partial charge in [-0.1, -0.05) is 20.8 Å². The van der Waals surface area contributed by atoms with Gasteiger partial charge in [-0.3, -0.25) is 0 Å². The summed E-state index contributed by atoms with van der Waals surface area (Å²) in [5.41, 5.74) is -0.935. The van der Waals surface area contributed by atoms with Crippen LogP contribution in [0.15, 0.2) is 0 Å². The number of hydrogen-bond donors (Lipinski definition) is 2. The van der Waals surface area contributed by atoms with Crippen LogP contribution in [0.4, 0.5) is 0 Å². The summed E-state index contributed by atoms with van der Waals surface area (Å²) in [6.07, 6.45) is 1.43. The lowest BCUT2D eigenvalue weighted by atomic mass is 9.67. The minimum absolute atomic E-state index is 0.138. The Labute approximate surface area is 104 Å². The van der Waals surface area contributed by atoms with Crippen LogP contribution in [0.5, 0.6) is 0 Å². The van der Waals surface area contributed by atoms with E-state index in [0.29, 0.717) is 18.8 Å². The fourth-order valence-corrected chi connectivity index (χ4v) is 2.45. The molecule has 1 rings (SSSR count). The lowest BCUT2D eigenvalue weighted by Gasteiger charge is -2.44. The van der Waals surface area contributed by atoms with E-state index in [1.165, 1.54) is 7.11 Å². The third kappa shape index (κ3) is 3.91. The second-order valence-electron chi connectivity index (χ2n) is 6.21. The zero-order valence-electron chi connectivity index (χ0n) is 11.4. The van der Waals surface area contributed by atoms with Gasteiger partial charge in [0.2, 0.25) is 0 Å². The minimum atomic E-state index is -1.11. The van der Waals surface area contributed by atoms with Gasteiger partial charge in [0.1, 0.15) is 12.4 Å². The van der Waals surface area contributed by atoms with Gasteiger partial charge < -0.3 is 19.7 Å². The average Bonchev–Trinajstić information content (AvgIpc) is 2.21. The summed E-state index contributed by atoms with van der Waals surface area (Å²) in [5.74, 6) is 0.445. The number of methoxy groups -OCH3 is 1. The Morgan fingerprint density at radius 3 is 2.47 bits per heavy atom. The van der Waals surface area contributed by atoms with E-state index in [4.69, 9.17) is 9.47 Å². The molecule has 4 heteroatoms. The number of aliphatic hydroxyl groups excluding tert-OH is 1. The van der Waals surface area contributed by atoms with E-state index < -0.39 is 11.7 Å². The molecule has 17 heavy (non-hydrogen) atoms. The maximum absolute atomic E-state index is 10.3. The molecule has 0 saturated heterocycles. The van der Waals surface area contributed by atoms with Crippen LogP contribution >= 0.6 is 0 Å². The first-order valence-electron chi connectivity index (χ1n) is 6.27. The molecule has 3 atom stereocenters. The number of rotatable bonds is 4. The first-order chi connectivity index (χ1) is 7.79. The Balaban J connectivity index is 2.51. The molecule has 0 heterocycles. The Kier molecular flexibility index (Phi) is 4.95. The van der Waals surface area contributed by atoms with Crippen molar-refractivity contribution in [3.63, 3.8) is 0 Å². The number of ether oxygens (including phenoxy) is 2. The zero-order chi connectivity index (χ0) is 13.1.